The highest BCUT2D eigenvalue weighted by molar-refractivity contribution is 5.89. The third kappa shape index (κ3) is 3.66. The van der Waals surface area contributed by atoms with E-state index in [-0.39, 0.29) is 12.4 Å². The number of carbonyl (C=O) groups excluding carboxylic acids is 1. The summed E-state index contributed by atoms with van der Waals surface area (Å²) >= 11 is 0. The quantitative estimate of drug-likeness (QED) is 0.857. The van der Waals surface area contributed by atoms with Crippen LogP contribution in [0.5, 0.6) is 17.2 Å². The van der Waals surface area contributed by atoms with Crippen molar-refractivity contribution in [1.82, 2.24) is 0 Å². The SMILES string of the molecule is COc1ccc(OC)c(COC(=O)c2ccc(O)cc2)c1. The van der Waals surface area contributed by atoms with Crippen LogP contribution in [0.1, 0.15) is 15.9 Å². The van der Waals surface area contributed by atoms with E-state index in [1.165, 1.54) is 24.3 Å². The van der Waals surface area contributed by atoms with Crippen LogP contribution in [0.25, 0.3) is 0 Å². The number of aromatic hydroxyl groups is 1. The summed E-state index contributed by atoms with van der Waals surface area (Å²) in [4.78, 5) is 11.9. The van der Waals surface area contributed by atoms with Gasteiger partial charge in [-0.15, -0.1) is 0 Å². The van der Waals surface area contributed by atoms with Crippen molar-refractivity contribution in [2.24, 2.45) is 0 Å². The third-order valence-electron chi connectivity index (χ3n) is 2.95. The molecular formula is C16H16O5. The van der Waals surface area contributed by atoms with Crippen LogP contribution in [0.15, 0.2) is 42.5 Å². The lowest BCUT2D eigenvalue weighted by Gasteiger charge is -2.11. The molecule has 0 amide bonds. The molecule has 2 aromatic rings. The van der Waals surface area contributed by atoms with Crippen LogP contribution in [0, 0.1) is 0 Å². The van der Waals surface area contributed by atoms with Gasteiger partial charge in [0.25, 0.3) is 0 Å². The summed E-state index contributed by atoms with van der Waals surface area (Å²) in [5.41, 5.74) is 1.08. The van der Waals surface area contributed by atoms with Gasteiger partial charge < -0.3 is 19.3 Å². The zero-order valence-electron chi connectivity index (χ0n) is 11.8. The van der Waals surface area contributed by atoms with Gasteiger partial charge in [0.2, 0.25) is 0 Å². The monoisotopic (exact) mass is 288 g/mol. The second-order valence-electron chi connectivity index (χ2n) is 4.30. The molecular weight excluding hydrogens is 272 g/mol. The van der Waals surface area contributed by atoms with E-state index in [1.54, 1.807) is 32.4 Å². The molecule has 0 bridgehead atoms. The summed E-state index contributed by atoms with van der Waals surface area (Å²) in [7, 11) is 3.11. The lowest BCUT2D eigenvalue weighted by Crippen LogP contribution is -2.06. The van der Waals surface area contributed by atoms with Crippen molar-refractivity contribution in [3.63, 3.8) is 0 Å². The van der Waals surface area contributed by atoms with Crippen molar-refractivity contribution in [3.8, 4) is 17.2 Å². The summed E-state index contributed by atoms with van der Waals surface area (Å²) < 4.78 is 15.6. The zero-order chi connectivity index (χ0) is 15.2. The summed E-state index contributed by atoms with van der Waals surface area (Å²) in [5, 5.41) is 9.19. The molecule has 5 nitrogen and oxygen atoms in total. The second kappa shape index (κ2) is 6.65. The normalized spacial score (nSPS) is 10.0. The van der Waals surface area contributed by atoms with Crippen molar-refractivity contribution >= 4 is 5.97 Å². The first kappa shape index (κ1) is 14.7. The van der Waals surface area contributed by atoms with E-state index in [0.29, 0.717) is 22.6 Å². The Bertz CT molecular complexity index is 619. The molecule has 110 valence electrons. The lowest BCUT2D eigenvalue weighted by molar-refractivity contribution is 0.0470. The van der Waals surface area contributed by atoms with Crippen molar-refractivity contribution in [2.75, 3.05) is 14.2 Å². The average Bonchev–Trinajstić information content (AvgIpc) is 2.52. The van der Waals surface area contributed by atoms with Crippen molar-refractivity contribution < 1.29 is 24.1 Å². The molecule has 0 radical (unpaired) electrons. The fraction of sp³-hybridized carbons (Fsp3) is 0.188. The van der Waals surface area contributed by atoms with Gasteiger partial charge >= 0.3 is 5.97 Å². The van der Waals surface area contributed by atoms with Gasteiger partial charge in [0.1, 0.15) is 23.9 Å². The molecule has 0 aliphatic carbocycles. The van der Waals surface area contributed by atoms with Crippen LogP contribution >= 0.6 is 0 Å². The summed E-state index contributed by atoms with van der Waals surface area (Å²) in [6, 6.07) is 11.1. The number of phenols is 1. The van der Waals surface area contributed by atoms with Crippen molar-refractivity contribution in [1.29, 1.82) is 0 Å². The maximum atomic E-state index is 11.9. The lowest BCUT2D eigenvalue weighted by atomic mass is 10.2. The van der Waals surface area contributed by atoms with Gasteiger partial charge in [-0.2, -0.15) is 0 Å². The minimum absolute atomic E-state index is 0.0695. The molecule has 21 heavy (non-hydrogen) atoms. The first-order chi connectivity index (χ1) is 10.1. The Morgan fingerprint density at radius 3 is 2.38 bits per heavy atom. The number of phenolic OH excluding ortho intramolecular Hbond substituents is 1. The van der Waals surface area contributed by atoms with Gasteiger partial charge in [0.15, 0.2) is 0 Å². The van der Waals surface area contributed by atoms with Crippen LogP contribution in [0.3, 0.4) is 0 Å². The number of hydrogen-bond acceptors (Lipinski definition) is 5. The van der Waals surface area contributed by atoms with Crippen LogP contribution in [-0.2, 0) is 11.3 Å². The molecule has 0 unspecified atom stereocenters. The van der Waals surface area contributed by atoms with E-state index in [4.69, 9.17) is 14.2 Å². The van der Waals surface area contributed by atoms with Crippen LogP contribution in [0.4, 0.5) is 0 Å². The number of methoxy groups -OCH3 is 2. The Hall–Kier alpha value is -2.69. The molecule has 0 saturated heterocycles. The smallest absolute Gasteiger partial charge is 0.338 e. The van der Waals surface area contributed by atoms with Gasteiger partial charge in [-0.3, -0.25) is 0 Å². The number of carbonyl (C=O) groups is 1. The molecule has 5 heteroatoms. The maximum absolute atomic E-state index is 11.9. The Morgan fingerprint density at radius 1 is 1.05 bits per heavy atom. The molecule has 2 rings (SSSR count). The summed E-state index contributed by atoms with van der Waals surface area (Å²) in [6.07, 6.45) is 0. The average molecular weight is 288 g/mol. The van der Waals surface area contributed by atoms with Gasteiger partial charge in [-0.25, -0.2) is 4.79 Å². The van der Waals surface area contributed by atoms with Crippen molar-refractivity contribution in [3.05, 3.63) is 53.6 Å². The minimum Gasteiger partial charge on any atom is -0.508 e. The molecule has 0 saturated carbocycles. The Balaban J connectivity index is 2.08. The number of rotatable bonds is 5. The van der Waals surface area contributed by atoms with Gasteiger partial charge in [0.05, 0.1) is 19.8 Å². The summed E-state index contributed by atoms with van der Waals surface area (Å²) in [5.74, 6) is 0.904. The Labute approximate surface area is 122 Å². The maximum Gasteiger partial charge on any atom is 0.338 e. The minimum atomic E-state index is -0.472. The largest absolute Gasteiger partial charge is 0.508 e. The van der Waals surface area contributed by atoms with Gasteiger partial charge in [-0.05, 0) is 42.5 Å². The second-order valence-corrected chi connectivity index (χ2v) is 4.30. The number of benzene rings is 2. The van der Waals surface area contributed by atoms with Crippen LogP contribution < -0.4 is 9.47 Å². The van der Waals surface area contributed by atoms with Crippen molar-refractivity contribution in [2.45, 2.75) is 6.61 Å². The van der Waals surface area contributed by atoms with E-state index in [9.17, 15) is 9.90 Å². The van der Waals surface area contributed by atoms with E-state index in [2.05, 4.69) is 0 Å². The van der Waals surface area contributed by atoms with Gasteiger partial charge in [0, 0.05) is 5.56 Å². The number of ether oxygens (including phenoxy) is 3. The highest BCUT2D eigenvalue weighted by Gasteiger charge is 2.10. The fourth-order valence-corrected chi connectivity index (χ4v) is 1.82. The fourth-order valence-electron chi connectivity index (χ4n) is 1.82. The van der Waals surface area contributed by atoms with Gasteiger partial charge in [-0.1, -0.05) is 0 Å². The highest BCUT2D eigenvalue weighted by Crippen LogP contribution is 2.25. The van der Waals surface area contributed by atoms with E-state index < -0.39 is 5.97 Å². The van der Waals surface area contributed by atoms with E-state index in [0.717, 1.165) is 0 Å². The summed E-state index contributed by atoms with van der Waals surface area (Å²) in [6.45, 7) is 0.0695. The van der Waals surface area contributed by atoms with E-state index >= 15 is 0 Å². The van der Waals surface area contributed by atoms with Crippen LogP contribution in [0.2, 0.25) is 0 Å². The first-order valence-electron chi connectivity index (χ1n) is 6.31. The molecule has 0 heterocycles. The number of esters is 1. The standard InChI is InChI=1S/C16H16O5/c1-19-14-7-8-15(20-2)12(9-14)10-21-16(18)11-3-5-13(17)6-4-11/h3-9,17H,10H2,1-2H3. The molecule has 0 aliphatic heterocycles. The molecule has 0 fully saturated rings. The first-order valence-corrected chi connectivity index (χ1v) is 6.31. The van der Waals surface area contributed by atoms with Crippen LogP contribution in [-0.4, -0.2) is 25.3 Å². The molecule has 0 aromatic heterocycles. The molecule has 0 atom stereocenters. The zero-order valence-corrected chi connectivity index (χ0v) is 11.8. The molecule has 0 aliphatic rings. The predicted octanol–water partition coefficient (Wildman–Crippen LogP) is 2.77. The topological polar surface area (TPSA) is 65.0 Å². The molecule has 0 spiro atoms. The Kier molecular flexibility index (Phi) is 4.66. The third-order valence-corrected chi connectivity index (χ3v) is 2.95. The Morgan fingerprint density at radius 2 is 1.76 bits per heavy atom. The predicted molar refractivity (Wildman–Crippen MR) is 76.8 cm³/mol. The van der Waals surface area contributed by atoms with E-state index in [1.807, 2.05) is 0 Å². The highest BCUT2D eigenvalue weighted by atomic mass is 16.5. The molecule has 1 N–H and O–H groups in total. The number of hydrogen-bond donors (Lipinski definition) is 1. The molecule has 2 aromatic carbocycles.